The van der Waals surface area contributed by atoms with E-state index >= 15 is 0 Å². The molecular weight excluding hydrogens is 460 g/mol. The van der Waals surface area contributed by atoms with E-state index in [1.807, 2.05) is 30.3 Å². The number of ketones is 1. The molecule has 2 aromatic carbocycles. The number of Topliss-reactive ketones (excluding diaryl/α,β-unsaturated/α-hetero) is 1. The molecule has 0 bridgehead atoms. The second kappa shape index (κ2) is 11.3. The molecule has 0 unspecified atom stereocenters. The SMILES string of the molecule is COc1ccc(C(=O)OCC(=O)N[C@@H](Cc2ccccc2)C(C)=O)cc1S(=O)(=O)N1CCCC1. The van der Waals surface area contributed by atoms with Gasteiger partial charge in [-0.1, -0.05) is 30.3 Å². The molecule has 0 radical (unpaired) electrons. The van der Waals surface area contributed by atoms with E-state index < -0.39 is 34.5 Å². The number of hydrogen-bond acceptors (Lipinski definition) is 7. The molecule has 1 N–H and O–H groups in total. The number of amides is 1. The number of rotatable bonds is 10. The minimum atomic E-state index is -3.84. The summed E-state index contributed by atoms with van der Waals surface area (Å²) >= 11 is 0. The average molecular weight is 489 g/mol. The number of carbonyl (C=O) groups is 3. The van der Waals surface area contributed by atoms with Gasteiger partial charge < -0.3 is 14.8 Å². The molecule has 1 amide bonds. The molecule has 0 aromatic heterocycles. The number of carbonyl (C=O) groups excluding carboxylic acids is 3. The summed E-state index contributed by atoms with van der Waals surface area (Å²) in [4.78, 5) is 36.7. The Morgan fingerprint density at radius 3 is 2.35 bits per heavy atom. The fourth-order valence-electron chi connectivity index (χ4n) is 3.67. The number of sulfonamides is 1. The molecule has 1 heterocycles. The third-order valence-electron chi connectivity index (χ3n) is 5.53. The fraction of sp³-hybridized carbons (Fsp3) is 0.375. The van der Waals surface area contributed by atoms with E-state index in [-0.39, 0.29) is 22.0 Å². The summed E-state index contributed by atoms with van der Waals surface area (Å²) in [5.74, 6) is -1.61. The van der Waals surface area contributed by atoms with Crippen molar-refractivity contribution in [2.24, 2.45) is 0 Å². The molecule has 0 aliphatic carbocycles. The lowest BCUT2D eigenvalue weighted by Crippen LogP contribution is -2.43. The summed E-state index contributed by atoms with van der Waals surface area (Å²) in [5.41, 5.74) is 0.851. The molecule has 3 rings (SSSR count). The van der Waals surface area contributed by atoms with E-state index in [0.29, 0.717) is 19.5 Å². The first-order valence-electron chi connectivity index (χ1n) is 10.9. The molecule has 34 heavy (non-hydrogen) atoms. The molecule has 1 fully saturated rings. The van der Waals surface area contributed by atoms with Gasteiger partial charge >= 0.3 is 5.97 Å². The minimum absolute atomic E-state index is 0.0289. The molecule has 1 aliphatic heterocycles. The Bertz CT molecular complexity index is 1140. The number of hydrogen-bond donors (Lipinski definition) is 1. The number of methoxy groups -OCH3 is 1. The predicted molar refractivity (Wildman–Crippen MR) is 124 cm³/mol. The van der Waals surface area contributed by atoms with Crippen molar-refractivity contribution in [1.82, 2.24) is 9.62 Å². The van der Waals surface area contributed by atoms with Crippen molar-refractivity contribution in [2.75, 3.05) is 26.8 Å². The zero-order valence-corrected chi connectivity index (χ0v) is 20.0. The first-order chi connectivity index (χ1) is 16.2. The van der Waals surface area contributed by atoms with Crippen LogP contribution in [0.2, 0.25) is 0 Å². The zero-order chi connectivity index (χ0) is 24.7. The molecule has 1 aliphatic rings. The maximum atomic E-state index is 13.0. The highest BCUT2D eigenvalue weighted by Gasteiger charge is 2.31. The highest BCUT2D eigenvalue weighted by molar-refractivity contribution is 7.89. The topological polar surface area (TPSA) is 119 Å². The quantitative estimate of drug-likeness (QED) is 0.508. The molecule has 10 heteroatoms. The summed E-state index contributed by atoms with van der Waals surface area (Å²) < 4.78 is 37.6. The summed E-state index contributed by atoms with van der Waals surface area (Å²) in [6.45, 7) is 1.57. The molecule has 2 aromatic rings. The highest BCUT2D eigenvalue weighted by atomic mass is 32.2. The third-order valence-corrected chi connectivity index (χ3v) is 7.44. The molecule has 0 saturated carbocycles. The lowest BCUT2D eigenvalue weighted by Gasteiger charge is -2.18. The van der Waals surface area contributed by atoms with Gasteiger partial charge in [-0.2, -0.15) is 4.31 Å². The van der Waals surface area contributed by atoms with Gasteiger partial charge in [-0.25, -0.2) is 13.2 Å². The van der Waals surface area contributed by atoms with Gasteiger partial charge in [-0.05, 0) is 49.9 Å². The molecule has 0 spiro atoms. The fourth-order valence-corrected chi connectivity index (χ4v) is 5.37. The van der Waals surface area contributed by atoms with Crippen LogP contribution in [0.15, 0.2) is 53.4 Å². The van der Waals surface area contributed by atoms with Gasteiger partial charge in [0.2, 0.25) is 10.0 Å². The van der Waals surface area contributed by atoms with E-state index in [2.05, 4.69) is 5.32 Å². The number of esters is 1. The summed E-state index contributed by atoms with van der Waals surface area (Å²) in [5, 5.41) is 2.57. The van der Waals surface area contributed by atoms with Crippen LogP contribution in [0.5, 0.6) is 5.75 Å². The van der Waals surface area contributed by atoms with Gasteiger partial charge in [0.1, 0.15) is 10.6 Å². The van der Waals surface area contributed by atoms with Crippen LogP contribution in [0.1, 0.15) is 35.7 Å². The van der Waals surface area contributed by atoms with E-state index in [9.17, 15) is 22.8 Å². The molecule has 1 atom stereocenters. The van der Waals surface area contributed by atoms with Crippen LogP contribution in [0.25, 0.3) is 0 Å². The van der Waals surface area contributed by atoms with Gasteiger partial charge in [0, 0.05) is 13.1 Å². The summed E-state index contributed by atoms with van der Waals surface area (Å²) in [7, 11) is -2.49. The Kier molecular flexibility index (Phi) is 8.41. The van der Waals surface area contributed by atoms with Crippen LogP contribution < -0.4 is 10.1 Å². The monoisotopic (exact) mass is 488 g/mol. The lowest BCUT2D eigenvalue weighted by atomic mass is 10.0. The van der Waals surface area contributed by atoms with E-state index in [1.54, 1.807) is 0 Å². The number of benzene rings is 2. The van der Waals surface area contributed by atoms with Crippen LogP contribution in [0.4, 0.5) is 0 Å². The van der Waals surface area contributed by atoms with E-state index in [1.165, 1.54) is 36.5 Å². The largest absolute Gasteiger partial charge is 0.495 e. The Balaban J connectivity index is 1.66. The number of nitrogens with one attached hydrogen (secondary N) is 1. The Hall–Kier alpha value is -3.24. The zero-order valence-electron chi connectivity index (χ0n) is 19.2. The molecule has 9 nitrogen and oxygen atoms in total. The van der Waals surface area contributed by atoms with Crippen molar-refractivity contribution < 1.29 is 32.3 Å². The highest BCUT2D eigenvalue weighted by Crippen LogP contribution is 2.30. The van der Waals surface area contributed by atoms with Gasteiger partial charge in [0.25, 0.3) is 5.91 Å². The minimum Gasteiger partial charge on any atom is -0.495 e. The molecule has 1 saturated heterocycles. The Morgan fingerprint density at radius 1 is 1.06 bits per heavy atom. The van der Waals surface area contributed by atoms with Crippen LogP contribution in [0.3, 0.4) is 0 Å². The Labute approximate surface area is 199 Å². The van der Waals surface area contributed by atoms with Crippen molar-refractivity contribution >= 4 is 27.7 Å². The van der Waals surface area contributed by atoms with Gasteiger partial charge in [0.15, 0.2) is 12.4 Å². The van der Waals surface area contributed by atoms with Crippen molar-refractivity contribution in [3.05, 3.63) is 59.7 Å². The Morgan fingerprint density at radius 2 is 1.74 bits per heavy atom. The first kappa shape index (κ1) is 25.4. The van der Waals surface area contributed by atoms with Crippen molar-refractivity contribution in [2.45, 2.75) is 37.1 Å². The van der Waals surface area contributed by atoms with Gasteiger partial charge in [-0.3, -0.25) is 9.59 Å². The van der Waals surface area contributed by atoms with Crippen LogP contribution in [-0.4, -0.2) is 63.2 Å². The van der Waals surface area contributed by atoms with Gasteiger partial charge in [-0.15, -0.1) is 0 Å². The summed E-state index contributed by atoms with van der Waals surface area (Å²) in [6, 6.07) is 12.4. The van der Waals surface area contributed by atoms with Gasteiger partial charge in [0.05, 0.1) is 18.7 Å². The maximum Gasteiger partial charge on any atom is 0.338 e. The van der Waals surface area contributed by atoms with Crippen LogP contribution in [0, 0.1) is 0 Å². The summed E-state index contributed by atoms with van der Waals surface area (Å²) in [6.07, 6.45) is 1.85. The van der Waals surface area contributed by atoms with E-state index in [4.69, 9.17) is 9.47 Å². The van der Waals surface area contributed by atoms with Crippen LogP contribution >= 0.6 is 0 Å². The van der Waals surface area contributed by atoms with Crippen molar-refractivity contribution in [3.8, 4) is 5.75 Å². The predicted octanol–water partition coefficient (Wildman–Crippen LogP) is 1.95. The lowest BCUT2D eigenvalue weighted by molar-refractivity contribution is -0.128. The second-order valence-electron chi connectivity index (χ2n) is 7.97. The maximum absolute atomic E-state index is 13.0. The smallest absolute Gasteiger partial charge is 0.338 e. The van der Waals surface area contributed by atoms with E-state index in [0.717, 1.165) is 18.4 Å². The second-order valence-corrected chi connectivity index (χ2v) is 9.88. The third kappa shape index (κ3) is 6.21. The van der Waals surface area contributed by atoms with Crippen molar-refractivity contribution in [3.63, 3.8) is 0 Å². The van der Waals surface area contributed by atoms with Crippen molar-refractivity contribution in [1.29, 1.82) is 0 Å². The number of nitrogens with zero attached hydrogens (tertiary/aromatic N) is 1. The first-order valence-corrected chi connectivity index (χ1v) is 12.4. The molecule has 182 valence electrons. The number of ether oxygens (including phenoxy) is 2. The normalized spacial score (nSPS) is 14.9. The average Bonchev–Trinajstić information content (AvgIpc) is 3.38. The van der Waals surface area contributed by atoms with Crippen LogP contribution in [-0.2, 0) is 30.8 Å². The standard InChI is InChI=1S/C24H28N2O7S/c1-17(27)20(14-18-8-4-3-5-9-18)25-23(28)16-33-24(29)19-10-11-21(32-2)22(15-19)34(30,31)26-12-6-7-13-26/h3-5,8-11,15,20H,6-7,12-14,16H2,1-2H3,(H,25,28)/t20-/m0/s1. The molecular formula is C24H28N2O7S.